The van der Waals surface area contributed by atoms with Crippen LogP contribution >= 0.6 is 11.3 Å². The van der Waals surface area contributed by atoms with Crippen LogP contribution in [0.3, 0.4) is 0 Å². The second-order valence-corrected chi connectivity index (χ2v) is 7.05. The van der Waals surface area contributed by atoms with Crippen molar-refractivity contribution in [3.63, 3.8) is 0 Å². The van der Waals surface area contributed by atoms with E-state index in [1.54, 1.807) is 17.4 Å². The maximum absolute atomic E-state index is 13.0. The van der Waals surface area contributed by atoms with Gasteiger partial charge in [0.25, 0.3) is 5.91 Å². The molecule has 1 amide bonds. The van der Waals surface area contributed by atoms with Crippen molar-refractivity contribution in [3.05, 3.63) is 63.6 Å². The monoisotopic (exact) mass is 370 g/mol. The third-order valence-electron chi connectivity index (χ3n) is 4.16. The van der Waals surface area contributed by atoms with Crippen LogP contribution in [0.2, 0.25) is 0 Å². The van der Waals surface area contributed by atoms with E-state index >= 15 is 0 Å². The Hall–Kier alpha value is -2.67. The molecule has 0 bridgehead atoms. The Balaban J connectivity index is 1.75. The summed E-state index contributed by atoms with van der Waals surface area (Å²) in [5.74, 6) is -0.0730. The number of hydrogen-bond donors (Lipinski definition) is 1. The van der Waals surface area contributed by atoms with Crippen molar-refractivity contribution in [3.8, 4) is 11.4 Å². The first-order chi connectivity index (χ1) is 12.5. The lowest BCUT2D eigenvalue weighted by molar-refractivity contribution is 0.0951. The summed E-state index contributed by atoms with van der Waals surface area (Å²) >= 11 is 1.60. The van der Waals surface area contributed by atoms with Gasteiger partial charge in [-0.15, -0.1) is 11.3 Å². The van der Waals surface area contributed by atoms with Gasteiger partial charge in [-0.1, -0.05) is 19.1 Å². The van der Waals surface area contributed by atoms with Crippen LogP contribution < -0.4 is 5.32 Å². The van der Waals surface area contributed by atoms with Gasteiger partial charge in [-0.05, 0) is 25.5 Å². The third-order valence-corrected chi connectivity index (χ3v) is 5.32. The fraction of sp³-hybridized carbons (Fsp3) is 0.263. The average molecular weight is 370 g/mol. The maximum Gasteiger partial charge on any atom is 0.251 e. The third kappa shape index (κ3) is 3.94. The van der Waals surface area contributed by atoms with Crippen LogP contribution in [0, 0.1) is 19.7 Å². The van der Waals surface area contributed by atoms with Crippen molar-refractivity contribution < 1.29 is 9.18 Å². The molecule has 0 fully saturated rings. The van der Waals surface area contributed by atoms with Crippen molar-refractivity contribution in [1.82, 2.24) is 20.3 Å². The zero-order chi connectivity index (χ0) is 18.7. The Bertz CT molecular complexity index is 924. The maximum atomic E-state index is 13.0. The highest BCUT2D eigenvalue weighted by Gasteiger charge is 2.15. The Kier molecular flexibility index (Phi) is 5.37. The molecule has 1 aromatic carbocycles. The summed E-state index contributed by atoms with van der Waals surface area (Å²) in [5.41, 5.74) is 4.91. The highest BCUT2D eigenvalue weighted by atomic mass is 32.1. The normalized spacial score (nSPS) is 12.0. The summed E-state index contributed by atoms with van der Waals surface area (Å²) in [5, 5.41) is 2.98. The van der Waals surface area contributed by atoms with Crippen molar-refractivity contribution in [2.24, 2.45) is 0 Å². The first-order valence-electron chi connectivity index (χ1n) is 8.22. The number of aromatic nitrogens is 3. The Labute approximate surface area is 155 Å². The summed E-state index contributed by atoms with van der Waals surface area (Å²) in [4.78, 5) is 26.0. The minimum absolute atomic E-state index is 0.152. The predicted molar refractivity (Wildman–Crippen MR) is 99.8 cm³/mol. The van der Waals surface area contributed by atoms with Crippen molar-refractivity contribution >= 4 is 17.2 Å². The molecule has 1 unspecified atom stereocenters. The van der Waals surface area contributed by atoms with Gasteiger partial charge in [-0.25, -0.2) is 19.3 Å². The molecule has 0 saturated carbocycles. The van der Waals surface area contributed by atoms with E-state index in [2.05, 4.69) is 27.2 Å². The molecule has 3 aromatic rings. The van der Waals surface area contributed by atoms with E-state index in [0.717, 1.165) is 23.7 Å². The van der Waals surface area contributed by atoms with Crippen LogP contribution in [0.15, 0.2) is 36.1 Å². The molecule has 0 spiro atoms. The molecule has 2 aromatic heterocycles. The van der Waals surface area contributed by atoms with E-state index in [1.807, 2.05) is 31.5 Å². The smallest absolute Gasteiger partial charge is 0.251 e. The number of amides is 1. The zero-order valence-corrected chi connectivity index (χ0v) is 15.6. The molecular weight excluding hydrogens is 351 g/mol. The standard InChI is InChI=1S/C19H19FN4OS/c1-11-4-5-14(18-21-8-15(20)9-22-18)6-16(11)19(25)23-7-12(2)17-13(3)24-10-26-17/h4-6,8-10,12H,7H2,1-3H3,(H,23,25). The molecule has 5 nitrogen and oxygen atoms in total. The molecule has 134 valence electrons. The number of aryl methyl sites for hydroxylation is 2. The summed E-state index contributed by atoms with van der Waals surface area (Å²) < 4.78 is 13.0. The lowest BCUT2D eigenvalue weighted by Gasteiger charge is -2.13. The first kappa shape index (κ1) is 18.1. The highest BCUT2D eigenvalue weighted by molar-refractivity contribution is 7.09. The molecule has 0 radical (unpaired) electrons. The molecule has 26 heavy (non-hydrogen) atoms. The summed E-state index contributed by atoms with van der Waals surface area (Å²) in [6.45, 7) is 6.44. The minimum Gasteiger partial charge on any atom is -0.351 e. The molecule has 0 aliphatic heterocycles. The SMILES string of the molecule is Cc1ccc(-c2ncc(F)cn2)cc1C(=O)NCC(C)c1scnc1C. The van der Waals surface area contributed by atoms with E-state index in [1.165, 1.54) is 4.88 Å². The van der Waals surface area contributed by atoms with Crippen LogP contribution in [0.4, 0.5) is 4.39 Å². The minimum atomic E-state index is -0.494. The Morgan fingerprint density at radius 1 is 1.23 bits per heavy atom. The predicted octanol–water partition coefficient (Wildman–Crippen LogP) is 3.89. The second-order valence-electron chi connectivity index (χ2n) is 6.17. The van der Waals surface area contributed by atoms with Gasteiger partial charge in [-0.3, -0.25) is 4.79 Å². The topological polar surface area (TPSA) is 67.8 Å². The van der Waals surface area contributed by atoms with Crippen LogP contribution in [-0.4, -0.2) is 27.4 Å². The van der Waals surface area contributed by atoms with Gasteiger partial charge in [-0.2, -0.15) is 0 Å². The molecular formula is C19H19FN4OS. The van der Waals surface area contributed by atoms with Crippen LogP contribution in [0.25, 0.3) is 11.4 Å². The molecule has 0 saturated heterocycles. The summed E-state index contributed by atoms with van der Waals surface area (Å²) in [6, 6.07) is 5.40. The number of carbonyl (C=O) groups excluding carboxylic acids is 1. The molecule has 1 N–H and O–H groups in total. The van der Waals surface area contributed by atoms with Gasteiger partial charge in [0, 0.05) is 28.5 Å². The van der Waals surface area contributed by atoms with E-state index in [-0.39, 0.29) is 11.8 Å². The molecule has 3 rings (SSSR count). The summed E-state index contributed by atoms with van der Waals surface area (Å²) in [7, 11) is 0. The van der Waals surface area contributed by atoms with E-state index in [4.69, 9.17) is 0 Å². The number of thiazole rings is 1. The van der Waals surface area contributed by atoms with Crippen molar-refractivity contribution in [2.45, 2.75) is 26.7 Å². The molecule has 0 aliphatic carbocycles. The second kappa shape index (κ2) is 7.70. The number of halogens is 1. The highest BCUT2D eigenvalue weighted by Crippen LogP contribution is 2.23. The molecule has 7 heteroatoms. The Morgan fingerprint density at radius 2 is 1.96 bits per heavy atom. The van der Waals surface area contributed by atoms with Gasteiger partial charge >= 0.3 is 0 Å². The van der Waals surface area contributed by atoms with Crippen molar-refractivity contribution in [2.75, 3.05) is 6.54 Å². The fourth-order valence-electron chi connectivity index (χ4n) is 2.68. The zero-order valence-electron chi connectivity index (χ0n) is 14.8. The average Bonchev–Trinajstić information content (AvgIpc) is 3.06. The number of rotatable bonds is 5. The lowest BCUT2D eigenvalue weighted by Crippen LogP contribution is -2.28. The quantitative estimate of drug-likeness (QED) is 0.740. The van der Waals surface area contributed by atoms with E-state index in [0.29, 0.717) is 23.5 Å². The summed E-state index contributed by atoms with van der Waals surface area (Å²) in [6.07, 6.45) is 2.22. The lowest BCUT2D eigenvalue weighted by atomic mass is 10.0. The number of nitrogens with one attached hydrogen (secondary N) is 1. The van der Waals surface area contributed by atoms with Gasteiger partial charge < -0.3 is 5.32 Å². The largest absolute Gasteiger partial charge is 0.351 e. The van der Waals surface area contributed by atoms with Crippen molar-refractivity contribution in [1.29, 1.82) is 0 Å². The van der Waals surface area contributed by atoms with E-state index in [9.17, 15) is 9.18 Å². The Morgan fingerprint density at radius 3 is 2.62 bits per heavy atom. The number of benzene rings is 1. The first-order valence-corrected chi connectivity index (χ1v) is 9.10. The number of nitrogens with zero attached hydrogens (tertiary/aromatic N) is 3. The van der Waals surface area contributed by atoms with E-state index < -0.39 is 5.82 Å². The van der Waals surface area contributed by atoms with Gasteiger partial charge in [0.2, 0.25) is 0 Å². The van der Waals surface area contributed by atoms with Gasteiger partial charge in [0.05, 0.1) is 23.6 Å². The fourth-order valence-corrected chi connectivity index (χ4v) is 3.55. The number of carbonyl (C=O) groups is 1. The molecule has 2 heterocycles. The van der Waals surface area contributed by atoms with Crippen LogP contribution in [0.1, 0.15) is 39.3 Å². The molecule has 1 atom stereocenters. The van der Waals surface area contributed by atoms with Gasteiger partial charge in [0.15, 0.2) is 11.6 Å². The number of hydrogen-bond acceptors (Lipinski definition) is 5. The van der Waals surface area contributed by atoms with Crippen LogP contribution in [-0.2, 0) is 0 Å². The molecule has 0 aliphatic rings. The van der Waals surface area contributed by atoms with Crippen LogP contribution in [0.5, 0.6) is 0 Å². The van der Waals surface area contributed by atoms with Gasteiger partial charge in [0.1, 0.15) is 0 Å².